The van der Waals surface area contributed by atoms with Crippen molar-refractivity contribution in [2.24, 2.45) is 0 Å². The van der Waals surface area contributed by atoms with Crippen molar-refractivity contribution in [3.8, 4) is 11.4 Å². The molecule has 0 saturated carbocycles. The number of anilines is 1. The van der Waals surface area contributed by atoms with Crippen LogP contribution in [0.25, 0.3) is 22.4 Å². The van der Waals surface area contributed by atoms with E-state index < -0.39 is 0 Å². The van der Waals surface area contributed by atoms with Gasteiger partial charge in [-0.15, -0.1) is 0 Å². The van der Waals surface area contributed by atoms with Gasteiger partial charge in [0.2, 0.25) is 5.91 Å². The summed E-state index contributed by atoms with van der Waals surface area (Å²) < 4.78 is 0. The van der Waals surface area contributed by atoms with Crippen LogP contribution >= 0.6 is 0 Å². The average molecular weight is 406 g/mol. The third-order valence-corrected chi connectivity index (χ3v) is 5.97. The fourth-order valence-electron chi connectivity index (χ4n) is 4.41. The number of H-pyrrole nitrogens is 1. The quantitative estimate of drug-likeness (QED) is 0.680. The standard InChI is InChI=1S/C24H31N5O/c1-5-6-22(30)29(19-8-11-28(4)12-9-19)21-15-18(7-10-25-21)24-26-20-14-16(2)13-17(3)23(20)27-24/h7,10,13-15,19H,5-6,8-9,11-12H2,1-4H3,(H,26,27). The van der Waals surface area contributed by atoms with E-state index in [2.05, 4.69) is 47.9 Å². The number of aryl methyl sites for hydroxylation is 2. The van der Waals surface area contributed by atoms with Crippen LogP contribution in [0, 0.1) is 13.8 Å². The number of amides is 1. The van der Waals surface area contributed by atoms with E-state index in [1.165, 1.54) is 5.56 Å². The molecule has 158 valence electrons. The number of hydrogen-bond donors (Lipinski definition) is 1. The number of likely N-dealkylation sites (tertiary alicyclic amines) is 1. The second-order valence-electron chi connectivity index (χ2n) is 8.51. The number of hydrogen-bond acceptors (Lipinski definition) is 4. The number of carbonyl (C=O) groups excluding carboxylic acids is 1. The van der Waals surface area contributed by atoms with Crippen LogP contribution in [0.2, 0.25) is 0 Å². The average Bonchev–Trinajstić information content (AvgIpc) is 3.15. The molecule has 0 spiro atoms. The van der Waals surface area contributed by atoms with Crippen molar-refractivity contribution >= 4 is 22.8 Å². The van der Waals surface area contributed by atoms with Crippen molar-refractivity contribution in [3.05, 3.63) is 41.6 Å². The van der Waals surface area contributed by atoms with Gasteiger partial charge in [0.1, 0.15) is 11.6 Å². The van der Waals surface area contributed by atoms with Gasteiger partial charge in [0.25, 0.3) is 0 Å². The second-order valence-corrected chi connectivity index (χ2v) is 8.51. The molecule has 0 bridgehead atoms. The smallest absolute Gasteiger partial charge is 0.228 e. The first-order valence-electron chi connectivity index (χ1n) is 10.9. The lowest BCUT2D eigenvalue weighted by Crippen LogP contribution is -2.47. The van der Waals surface area contributed by atoms with Gasteiger partial charge >= 0.3 is 0 Å². The topological polar surface area (TPSA) is 65.1 Å². The van der Waals surface area contributed by atoms with Crippen LogP contribution in [-0.4, -0.2) is 51.9 Å². The monoisotopic (exact) mass is 405 g/mol. The van der Waals surface area contributed by atoms with Crippen molar-refractivity contribution in [2.45, 2.75) is 52.5 Å². The molecule has 0 atom stereocenters. The summed E-state index contributed by atoms with van der Waals surface area (Å²) in [6.45, 7) is 8.23. The lowest BCUT2D eigenvalue weighted by molar-refractivity contribution is -0.119. The van der Waals surface area contributed by atoms with Crippen LogP contribution in [-0.2, 0) is 4.79 Å². The normalized spacial score (nSPS) is 15.6. The second kappa shape index (κ2) is 8.56. The van der Waals surface area contributed by atoms with E-state index in [-0.39, 0.29) is 11.9 Å². The fourth-order valence-corrected chi connectivity index (χ4v) is 4.41. The van der Waals surface area contributed by atoms with Crippen LogP contribution in [0.5, 0.6) is 0 Å². The summed E-state index contributed by atoms with van der Waals surface area (Å²) in [5.74, 6) is 1.70. The Hall–Kier alpha value is -2.73. The highest BCUT2D eigenvalue weighted by atomic mass is 16.2. The molecule has 0 radical (unpaired) electrons. The van der Waals surface area contributed by atoms with E-state index in [0.29, 0.717) is 6.42 Å². The van der Waals surface area contributed by atoms with Crippen LogP contribution < -0.4 is 4.90 Å². The molecule has 3 heterocycles. The van der Waals surface area contributed by atoms with Gasteiger partial charge in [-0.3, -0.25) is 9.69 Å². The highest BCUT2D eigenvalue weighted by molar-refractivity contribution is 5.93. The Morgan fingerprint density at radius 1 is 1.23 bits per heavy atom. The number of piperidine rings is 1. The lowest BCUT2D eigenvalue weighted by atomic mass is 10.0. The summed E-state index contributed by atoms with van der Waals surface area (Å²) in [5.41, 5.74) is 5.35. The number of benzene rings is 1. The third kappa shape index (κ3) is 4.10. The molecular weight excluding hydrogens is 374 g/mol. The SMILES string of the molecule is CCCC(=O)N(c1cc(-c2nc3c(C)cc(C)cc3[nH]2)ccn1)C1CCN(C)CC1. The van der Waals surface area contributed by atoms with E-state index in [9.17, 15) is 4.79 Å². The van der Waals surface area contributed by atoms with E-state index in [1.54, 1.807) is 6.20 Å². The molecule has 30 heavy (non-hydrogen) atoms. The molecule has 1 saturated heterocycles. The molecule has 1 aromatic carbocycles. The van der Waals surface area contributed by atoms with Gasteiger partial charge in [0.05, 0.1) is 11.0 Å². The molecule has 0 unspecified atom stereocenters. The molecule has 1 N–H and O–H groups in total. The van der Waals surface area contributed by atoms with Crippen molar-refractivity contribution in [1.82, 2.24) is 19.9 Å². The van der Waals surface area contributed by atoms with Gasteiger partial charge in [-0.2, -0.15) is 0 Å². The van der Waals surface area contributed by atoms with Crippen LogP contribution in [0.3, 0.4) is 0 Å². The first-order chi connectivity index (χ1) is 14.5. The first kappa shape index (κ1) is 20.5. The summed E-state index contributed by atoms with van der Waals surface area (Å²) in [7, 11) is 2.14. The minimum atomic E-state index is 0.160. The number of rotatable bonds is 5. The fraction of sp³-hybridized carbons (Fsp3) is 0.458. The summed E-state index contributed by atoms with van der Waals surface area (Å²) >= 11 is 0. The summed E-state index contributed by atoms with van der Waals surface area (Å²) in [6, 6.07) is 8.43. The van der Waals surface area contributed by atoms with Crippen molar-refractivity contribution in [3.63, 3.8) is 0 Å². The number of carbonyl (C=O) groups is 1. The third-order valence-electron chi connectivity index (χ3n) is 5.97. The Labute approximate surface area is 178 Å². The number of aromatic amines is 1. The zero-order valence-electron chi connectivity index (χ0n) is 18.4. The molecule has 2 aromatic heterocycles. The molecule has 6 nitrogen and oxygen atoms in total. The Bertz CT molecular complexity index is 1050. The largest absolute Gasteiger partial charge is 0.338 e. The van der Waals surface area contributed by atoms with Gasteiger partial charge in [-0.05, 0) is 82.6 Å². The molecule has 1 amide bonds. The van der Waals surface area contributed by atoms with Gasteiger partial charge in [-0.1, -0.05) is 13.0 Å². The molecule has 6 heteroatoms. The summed E-state index contributed by atoms with van der Waals surface area (Å²) in [6.07, 6.45) is 5.12. The Kier molecular flexibility index (Phi) is 5.86. The number of fused-ring (bicyclic) bond motifs is 1. The van der Waals surface area contributed by atoms with Crippen molar-refractivity contribution < 1.29 is 4.79 Å². The minimum Gasteiger partial charge on any atom is -0.338 e. The van der Waals surface area contributed by atoms with Crippen LogP contribution in [0.15, 0.2) is 30.5 Å². The van der Waals surface area contributed by atoms with E-state index in [1.807, 2.05) is 24.0 Å². The Morgan fingerprint density at radius 2 is 2.00 bits per heavy atom. The van der Waals surface area contributed by atoms with Gasteiger partial charge in [0.15, 0.2) is 0 Å². The van der Waals surface area contributed by atoms with Gasteiger partial charge in [-0.25, -0.2) is 9.97 Å². The van der Waals surface area contributed by atoms with E-state index in [4.69, 9.17) is 4.98 Å². The molecule has 3 aromatic rings. The Morgan fingerprint density at radius 3 is 2.73 bits per heavy atom. The maximum Gasteiger partial charge on any atom is 0.228 e. The summed E-state index contributed by atoms with van der Waals surface area (Å²) in [4.78, 5) is 30.2. The maximum absolute atomic E-state index is 13.0. The zero-order chi connectivity index (χ0) is 21.3. The van der Waals surface area contributed by atoms with Crippen molar-refractivity contribution in [2.75, 3.05) is 25.0 Å². The van der Waals surface area contributed by atoms with E-state index >= 15 is 0 Å². The minimum absolute atomic E-state index is 0.160. The number of imidazole rings is 1. The molecular formula is C24H31N5O. The maximum atomic E-state index is 13.0. The number of nitrogens with zero attached hydrogens (tertiary/aromatic N) is 4. The molecule has 0 aliphatic carbocycles. The number of nitrogens with one attached hydrogen (secondary N) is 1. The molecule has 1 aliphatic heterocycles. The Balaban J connectivity index is 1.71. The highest BCUT2D eigenvalue weighted by Gasteiger charge is 2.29. The predicted octanol–water partition coefficient (Wildman–Crippen LogP) is 4.47. The summed E-state index contributed by atoms with van der Waals surface area (Å²) in [5, 5.41) is 0. The molecule has 4 rings (SSSR count). The van der Waals surface area contributed by atoms with Gasteiger partial charge < -0.3 is 9.88 Å². The van der Waals surface area contributed by atoms with Crippen LogP contribution in [0.4, 0.5) is 5.82 Å². The zero-order valence-corrected chi connectivity index (χ0v) is 18.4. The molecule has 1 fully saturated rings. The highest BCUT2D eigenvalue weighted by Crippen LogP contribution is 2.28. The molecule has 1 aliphatic rings. The van der Waals surface area contributed by atoms with Crippen LogP contribution in [0.1, 0.15) is 43.7 Å². The van der Waals surface area contributed by atoms with E-state index in [0.717, 1.165) is 66.2 Å². The first-order valence-corrected chi connectivity index (χ1v) is 10.9. The number of aromatic nitrogens is 3. The van der Waals surface area contributed by atoms with Crippen molar-refractivity contribution in [1.29, 1.82) is 0 Å². The van der Waals surface area contributed by atoms with Gasteiger partial charge in [0, 0.05) is 24.2 Å². The number of pyridine rings is 1. The lowest BCUT2D eigenvalue weighted by Gasteiger charge is -2.36. The predicted molar refractivity (Wildman–Crippen MR) is 122 cm³/mol.